The van der Waals surface area contributed by atoms with Crippen molar-refractivity contribution in [2.24, 2.45) is 0 Å². The molecule has 1 aliphatic carbocycles. The Bertz CT molecular complexity index is 1440. The minimum atomic E-state index is -3.80. The van der Waals surface area contributed by atoms with Gasteiger partial charge in [-0.05, 0) is 48.9 Å². The lowest BCUT2D eigenvalue weighted by Crippen LogP contribution is -2.54. The summed E-state index contributed by atoms with van der Waals surface area (Å²) in [5, 5.41) is 3.20. The van der Waals surface area contributed by atoms with Gasteiger partial charge in [0.2, 0.25) is 21.8 Å². The molecule has 218 valence electrons. The Hall–Kier alpha value is -3.65. The molecule has 1 N–H and O–H groups in total. The molecule has 0 bridgehead atoms. The summed E-state index contributed by atoms with van der Waals surface area (Å²) in [6.07, 6.45) is 6.04. The van der Waals surface area contributed by atoms with Gasteiger partial charge < -0.3 is 10.2 Å². The molecular weight excluding hydrogens is 534 g/mol. The molecule has 4 rings (SSSR count). The number of amides is 2. The molecule has 0 unspecified atom stereocenters. The summed E-state index contributed by atoms with van der Waals surface area (Å²) in [6, 6.07) is 24.0. The molecule has 1 atom stereocenters. The first-order valence-corrected chi connectivity index (χ1v) is 16.3. The Morgan fingerprint density at radius 3 is 2.24 bits per heavy atom. The van der Waals surface area contributed by atoms with E-state index in [4.69, 9.17) is 0 Å². The van der Waals surface area contributed by atoms with Crippen LogP contribution < -0.4 is 9.62 Å². The summed E-state index contributed by atoms with van der Waals surface area (Å²) in [7, 11) is -3.80. The largest absolute Gasteiger partial charge is 0.352 e. The van der Waals surface area contributed by atoms with Crippen LogP contribution in [0.25, 0.3) is 0 Å². The third kappa shape index (κ3) is 8.19. The van der Waals surface area contributed by atoms with Crippen molar-refractivity contribution in [1.82, 2.24) is 10.2 Å². The first kappa shape index (κ1) is 30.3. The van der Waals surface area contributed by atoms with E-state index < -0.39 is 28.5 Å². The minimum Gasteiger partial charge on any atom is -0.352 e. The van der Waals surface area contributed by atoms with Gasteiger partial charge in [0.1, 0.15) is 12.6 Å². The molecule has 0 saturated heterocycles. The van der Waals surface area contributed by atoms with E-state index in [1.807, 2.05) is 80.6 Å². The molecule has 3 aromatic carbocycles. The van der Waals surface area contributed by atoms with Crippen LogP contribution in [0, 0.1) is 6.92 Å². The van der Waals surface area contributed by atoms with Crippen molar-refractivity contribution >= 4 is 27.5 Å². The van der Waals surface area contributed by atoms with E-state index >= 15 is 0 Å². The van der Waals surface area contributed by atoms with Gasteiger partial charge in [0.05, 0.1) is 11.9 Å². The third-order valence-electron chi connectivity index (χ3n) is 7.73. The average molecular weight is 576 g/mol. The van der Waals surface area contributed by atoms with E-state index in [1.165, 1.54) is 4.31 Å². The lowest BCUT2D eigenvalue weighted by Gasteiger charge is -2.34. The smallest absolute Gasteiger partial charge is 0.244 e. The lowest BCUT2D eigenvalue weighted by molar-refractivity contribution is -0.140. The zero-order chi connectivity index (χ0) is 29.4. The Morgan fingerprint density at radius 1 is 0.927 bits per heavy atom. The topological polar surface area (TPSA) is 86.8 Å². The number of hydrogen-bond donors (Lipinski definition) is 1. The molecule has 7 nitrogen and oxygen atoms in total. The summed E-state index contributed by atoms with van der Waals surface area (Å²) >= 11 is 0. The number of sulfonamides is 1. The Morgan fingerprint density at radius 2 is 1.59 bits per heavy atom. The standard InChI is InChI=1S/C33H41N3O4S/c1-4-28-17-8-11-20-30(28)36(41(3,39)40)24-32(37)35(23-27-16-12-13-25(2)21-27)31(22-26-14-6-5-7-15-26)33(38)34-29-18-9-10-19-29/h5-8,11-17,20-21,29,31H,4,9-10,18-19,22-24H2,1-3H3,(H,34,38)/t31-/m1/s1. The Balaban J connectivity index is 1.74. The highest BCUT2D eigenvalue weighted by Gasteiger charge is 2.34. The molecule has 1 fully saturated rings. The lowest BCUT2D eigenvalue weighted by atomic mass is 10.0. The molecule has 1 aliphatic rings. The summed E-state index contributed by atoms with van der Waals surface area (Å²) < 4.78 is 27.3. The van der Waals surface area contributed by atoms with Gasteiger partial charge >= 0.3 is 0 Å². The zero-order valence-corrected chi connectivity index (χ0v) is 25.1. The second kappa shape index (κ2) is 13.8. The second-order valence-corrected chi connectivity index (χ2v) is 12.9. The maximum atomic E-state index is 14.3. The highest BCUT2D eigenvalue weighted by molar-refractivity contribution is 7.92. The quantitative estimate of drug-likeness (QED) is 0.329. The third-order valence-corrected chi connectivity index (χ3v) is 8.85. The van der Waals surface area contributed by atoms with Crippen molar-refractivity contribution in [1.29, 1.82) is 0 Å². The van der Waals surface area contributed by atoms with Crippen molar-refractivity contribution in [3.63, 3.8) is 0 Å². The van der Waals surface area contributed by atoms with Crippen LogP contribution in [-0.4, -0.2) is 50.0 Å². The van der Waals surface area contributed by atoms with E-state index in [1.54, 1.807) is 17.0 Å². The number of benzene rings is 3. The van der Waals surface area contributed by atoms with Crippen LogP contribution in [-0.2, 0) is 39.0 Å². The van der Waals surface area contributed by atoms with Crippen LogP contribution in [0.15, 0.2) is 78.9 Å². The van der Waals surface area contributed by atoms with Gasteiger partial charge in [0.25, 0.3) is 0 Å². The van der Waals surface area contributed by atoms with Crippen LogP contribution in [0.3, 0.4) is 0 Å². The van der Waals surface area contributed by atoms with Gasteiger partial charge in [-0.25, -0.2) is 8.42 Å². The number of aryl methyl sites for hydroxylation is 2. The van der Waals surface area contributed by atoms with Gasteiger partial charge in [-0.15, -0.1) is 0 Å². The van der Waals surface area contributed by atoms with Crippen molar-refractivity contribution in [2.75, 3.05) is 17.1 Å². The predicted molar refractivity (Wildman–Crippen MR) is 164 cm³/mol. The van der Waals surface area contributed by atoms with E-state index in [9.17, 15) is 18.0 Å². The van der Waals surface area contributed by atoms with Crippen LogP contribution in [0.1, 0.15) is 54.9 Å². The van der Waals surface area contributed by atoms with E-state index in [2.05, 4.69) is 5.32 Å². The number of rotatable bonds is 12. The van der Waals surface area contributed by atoms with E-state index in [0.29, 0.717) is 18.5 Å². The summed E-state index contributed by atoms with van der Waals surface area (Å²) in [6.45, 7) is 3.72. The SMILES string of the molecule is CCc1ccccc1N(CC(=O)N(Cc1cccc(C)c1)[C@H](Cc1ccccc1)C(=O)NC1CCCC1)S(C)(=O)=O. The molecule has 41 heavy (non-hydrogen) atoms. The molecule has 0 aromatic heterocycles. The molecule has 0 radical (unpaired) electrons. The van der Waals surface area contributed by atoms with Gasteiger partial charge in [-0.2, -0.15) is 0 Å². The highest BCUT2D eigenvalue weighted by Crippen LogP contribution is 2.25. The number of anilines is 1. The van der Waals surface area contributed by atoms with E-state index in [0.717, 1.165) is 54.2 Å². The molecule has 8 heteroatoms. The van der Waals surface area contributed by atoms with Gasteiger partial charge in [-0.1, -0.05) is 98.1 Å². The Kier molecular flexibility index (Phi) is 10.2. The second-order valence-electron chi connectivity index (χ2n) is 11.0. The monoisotopic (exact) mass is 575 g/mol. The molecule has 0 aliphatic heterocycles. The predicted octanol–water partition coefficient (Wildman–Crippen LogP) is 5.02. The first-order chi connectivity index (χ1) is 19.7. The van der Waals surface area contributed by atoms with Gasteiger partial charge in [0, 0.05) is 19.0 Å². The molecule has 0 spiro atoms. The number of para-hydroxylation sites is 1. The summed E-state index contributed by atoms with van der Waals surface area (Å²) in [5.41, 5.74) is 4.16. The summed E-state index contributed by atoms with van der Waals surface area (Å²) in [4.78, 5) is 29.8. The number of carbonyl (C=O) groups is 2. The molecular formula is C33H41N3O4S. The molecule has 1 saturated carbocycles. The van der Waals surface area contributed by atoms with Crippen molar-refractivity contribution in [3.05, 3.63) is 101 Å². The zero-order valence-electron chi connectivity index (χ0n) is 24.3. The maximum absolute atomic E-state index is 14.3. The number of nitrogens with one attached hydrogen (secondary N) is 1. The molecule has 2 amide bonds. The fourth-order valence-electron chi connectivity index (χ4n) is 5.58. The molecule has 0 heterocycles. The number of carbonyl (C=O) groups excluding carboxylic acids is 2. The number of hydrogen-bond acceptors (Lipinski definition) is 4. The fourth-order valence-corrected chi connectivity index (χ4v) is 6.46. The minimum absolute atomic E-state index is 0.0839. The average Bonchev–Trinajstić information content (AvgIpc) is 3.46. The number of nitrogens with zero attached hydrogens (tertiary/aromatic N) is 2. The van der Waals surface area contributed by atoms with Crippen LogP contribution in [0.2, 0.25) is 0 Å². The maximum Gasteiger partial charge on any atom is 0.244 e. The van der Waals surface area contributed by atoms with Crippen molar-refractivity contribution in [3.8, 4) is 0 Å². The molecule has 3 aromatic rings. The van der Waals surface area contributed by atoms with E-state index in [-0.39, 0.29) is 18.5 Å². The van der Waals surface area contributed by atoms with Crippen LogP contribution in [0.4, 0.5) is 5.69 Å². The van der Waals surface area contributed by atoms with Gasteiger partial charge in [0.15, 0.2) is 0 Å². The Labute approximate surface area is 244 Å². The fraction of sp³-hybridized carbons (Fsp3) is 0.394. The van der Waals surface area contributed by atoms with Crippen molar-refractivity contribution < 1.29 is 18.0 Å². The van der Waals surface area contributed by atoms with Crippen molar-refractivity contribution in [2.45, 2.75) is 71.0 Å². The van der Waals surface area contributed by atoms with Crippen LogP contribution >= 0.6 is 0 Å². The highest BCUT2D eigenvalue weighted by atomic mass is 32.2. The van der Waals surface area contributed by atoms with Crippen LogP contribution in [0.5, 0.6) is 0 Å². The summed E-state index contributed by atoms with van der Waals surface area (Å²) in [5.74, 6) is -0.632. The first-order valence-electron chi connectivity index (χ1n) is 14.4. The van der Waals surface area contributed by atoms with Gasteiger partial charge in [-0.3, -0.25) is 13.9 Å². The normalized spacial score (nSPS) is 14.4.